The maximum absolute atomic E-state index is 12.9. The topological polar surface area (TPSA) is 65.0 Å². The van der Waals surface area contributed by atoms with Crippen LogP contribution >= 0.6 is 0 Å². The highest BCUT2D eigenvalue weighted by Gasteiger charge is 2.42. The number of aromatic hydroxyl groups is 1. The summed E-state index contributed by atoms with van der Waals surface area (Å²) in [5.74, 6) is -1.25. The van der Waals surface area contributed by atoms with Gasteiger partial charge in [-0.2, -0.15) is 0 Å². The molecule has 0 aromatic heterocycles. The molecule has 2 fully saturated rings. The highest BCUT2D eigenvalue weighted by Crippen LogP contribution is 2.45. The summed E-state index contributed by atoms with van der Waals surface area (Å²) in [7, 11) is 0. The van der Waals surface area contributed by atoms with Gasteiger partial charge in [-0.05, 0) is 18.9 Å². The van der Waals surface area contributed by atoms with E-state index in [1.807, 2.05) is 0 Å². The molecule has 1 saturated carbocycles. The molecule has 1 atom stereocenters. The SMILES string of the molecule is Oc1ccc(C(CN2CCNCC2)C2(O)CCCCC2)c(OC(F)(F)F)c1. The van der Waals surface area contributed by atoms with E-state index in [1.54, 1.807) is 0 Å². The van der Waals surface area contributed by atoms with Crippen molar-refractivity contribution in [1.82, 2.24) is 10.2 Å². The van der Waals surface area contributed by atoms with E-state index < -0.39 is 23.6 Å². The van der Waals surface area contributed by atoms with Gasteiger partial charge in [-0.15, -0.1) is 13.2 Å². The molecule has 0 amide bonds. The number of rotatable bonds is 5. The molecular formula is C19H27F3N2O3. The smallest absolute Gasteiger partial charge is 0.508 e. The molecule has 1 aliphatic carbocycles. The fourth-order valence-corrected chi connectivity index (χ4v) is 4.25. The molecule has 27 heavy (non-hydrogen) atoms. The third-order valence-electron chi connectivity index (χ3n) is 5.62. The zero-order valence-corrected chi connectivity index (χ0v) is 15.3. The maximum Gasteiger partial charge on any atom is 0.573 e. The minimum atomic E-state index is -4.86. The van der Waals surface area contributed by atoms with Crippen LogP contribution in [0, 0.1) is 0 Å². The van der Waals surface area contributed by atoms with Crippen molar-refractivity contribution >= 4 is 0 Å². The van der Waals surface area contributed by atoms with Gasteiger partial charge in [0, 0.05) is 50.3 Å². The van der Waals surface area contributed by atoms with E-state index in [1.165, 1.54) is 12.1 Å². The lowest BCUT2D eigenvalue weighted by molar-refractivity contribution is -0.275. The quantitative estimate of drug-likeness (QED) is 0.724. The van der Waals surface area contributed by atoms with Crippen LogP contribution in [0.5, 0.6) is 11.5 Å². The van der Waals surface area contributed by atoms with E-state index in [0.717, 1.165) is 51.5 Å². The summed E-state index contributed by atoms with van der Waals surface area (Å²) in [6, 6.07) is 3.80. The van der Waals surface area contributed by atoms with Crippen molar-refractivity contribution in [3.8, 4) is 11.5 Å². The third kappa shape index (κ3) is 5.27. The largest absolute Gasteiger partial charge is 0.573 e. The zero-order valence-electron chi connectivity index (χ0n) is 15.3. The summed E-state index contributed by atoms with van der Waals surface area (Å²) < 4.78 is 43.0. The number of nitrogens with one attached hydrogen (secondary N) is 1. The first-order valence-corrected chi connectivity index (χ1v) is 9.51. The molecule has 0 bridgehead atoms. The van der Waals surface area contributed by atoms with Gasteiger partial charge in [0.2, 0.25) is 0 Å². The number of piperazine rings is 1. The number of hydrogen-bond donors (Lipinski definition) is 3. The van der Waals surface area contributed by atoms with Crippen molar-refractivity contribution in [3.63, 3.8) is 0 Å². The molecule has 1 saturated heterocycles. The summed E-state index contributed by atoms with van der Waals surface area (Å²) in [6.07, 6.45) is -1.04. The maximum atomic E-state index is 12.9. The predicted molar refractivity (Wildman–Crippen MR) is 94.9 cm³/mol. The minimum Gasteiger partial charge on any atom is -0.508 e. The summed E-state index contributed by atoms with van der Waals surface area (Å²) in [4.78, 5) is 2.16. The first-order valence-electron chi connectivity index (χ1n) is 9.51. The third-order valence-corrected chi connectivity index (χ3v) is 5.62. The van der Waals surface area contributed by atoms with Crippen LogP contribution in [-0.4, -0.2) is 59.8 Å². The average Bonchev–Trinajstić information content (AvgIpc) is 2.60. The second kappa shape index (κ2) is 8.24. The van der Waals surface area contributed by atoms with Gasteiger partial charge in [0.1, 0.15) is 11.5 Å². The van der Waals surface area contributed by atoms with Gasteiger partial charge in [0.25, 0.3) is 0 Å². The highest BCUT2D eigenvalue weighted by atomic mass is 19.4. The molecule has 152 valence electrons. The Morgan fingerprint density at radius 3 is 2.44 bits per heavy atom. The standard InChI is InChI=1S/C19H27F3N2O3/c20-19(21,22)27-17-12-14(25)4-5-15(17)16(13-24-10-8-23-9-11-24)18(26)6-2-1-3-7-18/h4-5,12,16,23,25-26H,1-3,6-11,13H2. The van der Waals surface area contributed by atoms with E-state index in [9.17, 15) is 23.4 Å². The Bertz CT molecular complexity index is 627. The first-order chi connectivity index (χ1) is 12.8. The Morgan fingerprint density at radius 1 is 1.15 bits per heavy atom. The molecule has 2 aliphatic rings. The van der Waals surface area contributed by atoms with Crippen molar-refractivity contribution in [2.45, 2.75) is 50.0 Å². The molecule has 1 aromatic rings. The van der Waals surface area contributed by atoms with Gasteiger partial charge in [-0.25, -0.2) is 0 Å². The van der Waals surface area contributed by atoms with Crippen LogP contribution < -0.4 is 10.1 Å². The summed E-state index contributed by atoms with van der Waals surface area (Å²) >= 11 is 0. The van der Waals surface area contributed by atoms with Gasteiger partial charge < -0.3 is 25.2 Å². The molecule has 3 N–H and O–H groups in total. The molecule has 3 rings (SSSR count). The van der Waals surface area contributed by atoms with E-state index >= 15 is 0 Å². The normalized spacial score (nSPS) is 22.4. The summed E-state index contributed by atoms with van der Waals surface area (Å²) in [5.41, 5.74) is -0.780. The number of benzene rings is 1. The molecule has 1 aromatic carbocycles. The molecule has 0 spiro atoms. The predicted octanol–water partition coefficient (Wildman–Crippen LogP) is 2.97. The number of phenols is 1. The molecule has 5 nitrogen and oxygen atoms in total. The van der Waals surface area contributed by atoms with Crippen LogP contribution in [0.2, 0.25) is 0 Å². The number of nitrogens with zero attached hydrogens (tertiary/aromatic N) is 1. The molecule has 1 heterocycles. The van der Waals surface area contributed by atoms with Gasteiger partial charge in [0.05, 0.1) is 5.60 Å². The Morgan fingerprint density at radius 2 is 1.81 bits per heavy atom. The van der Waals surface area contributed by atoms with Gasteiger partial charge in [-0.1, -0.05) is 25.3 Å². The van der Waals surface area contributed by atoms with Gasteiger partial charge in [-0.3, -0.25) is 0 Å². The zero-order chi connectivity index (χ0) is 19.5. The van der Waals surface area contributed by atoms with Crippen LogP contribution in [0.25, 0.3) is 0 Å². The Kier molecular flexibility index (Phi) is 6.18. The second-order valence-corrected chi connectivity index (χ2v) is 7.54. The summed E-state index contributed by atoms with van der Waals surface area (Å²) in [6.45, 7) is 3.64. The lowest BCUT2D eigenvalue weighted by Gasteiger charge is -2.43. The number of alkyl halides is 3. The lowest BCUT2D eigenvalue weighted by Crippen LogP contribution is -2.49. The van der Waals surface area contributed by atoms with Crippen LogP contribution in [0.4, 0.5) is 13.2 Å². The van der Waals surface area contributed by atoms with E-state index in [4.69, 9.17) is 0 Å². The van der Waals surface area contributed by atoms with Crippen molar-refractivity contribution in [2.24, 2.45) is 0 Å². The fourth-order valence-electron chi connectivity index (χ4n) is 4.25. The number of hydrogen-bond acceptors (Lipinski definition) is 5. The molecule has 8 heteroatoms. The van der Waals surface area contributed by atoms with Crippen molar-refractivity contribution < 1.29 is 28.1 Å². The van der Waals surface area contributed by atoms with E-state index in [-0.39, 0.29) is 5.75 Å². The monoisotopic (exact) mass is 388 g/mol. The average molecular weight is 388 g/mol. The van der Waals surface area contributed by atoms with Gasteiger partial charge >= 0.3 is 6.36 Å². The number of aliphatic hydroxyl groups is 1. The second-order valence-electron chi connectivity index (χ2n) is 7.54. The minimum absolute atomic E-state index is 0.297. The molecule has 1 aliphatic heterocycles. The van der Waals surface area contributed by atoms with Crippen LogP contribution in [0.1, 0.15) is 43.6 Å². The first kappa shape index (κ1) is 20.2. The fraction of sp³-hybridized carbons (Fsp3) is 0.684. The van der Waals surface area contributed by atoms with Crippen LogP contribution in [-0.2, 0) is 0 Å². The molecule has 0 radical (unpaired) electrons. The van der Waals surface area contributed by atoms with Crippen molar-refractivity contribution in [3.05, 3.63) is 23.8 Å². The van der Waals surface area contributed by atoms with Crippen molar-refractivity contribution in [1.29, 1.82) is 0 Å². The van der Waals surface area contributed by atoms with Gasteiger partial charge in [0.15, 0.2) is 0 Å². The van der Waals surface area contributed by atoms with Crippen LogP contribution in [0.15, 0.2) is 18.2 Å². The van der Waals surface area contributed by atoms with E-state index in [0.29, 0.717) is 24.9 Å². The Hall–Kier alpha value is -1.51. The number of ether oxygens (including phenoxy) is 1. The number of halogens is 3. The van der Waals surface area contributed by atoms with Crippen molar-refractivity contribution in [2.75, 3.05) is 32.7 Å². The summed E-state index contributed by atoms with van der Waals surface area (Å²) in [5, 5.41) is 24.3. The lowest BCUT2D eigenvalue weighted by atomic mass is 9.72. The Labute approximate surface area is 157 Å². The molecule has 1 unspecified atom stereocenters. The van der Waals surface area contributed by atoms with E-state index in [2.05, 4.69) is 15.0 Å². The molecular weight excluding hydrogens is 361 g/mol. The van der Waals surface area contributed by atoms with Crippen LogP contribution in [0.3, 0.4) is 0 Å². The Balaban J connectivity index is 1.96. The number of phenolic OH excluding ortho intramolecular Hbond substituents is 1. The highest BCUT2D eigenvalue weighted by molar-refractivity contribution is 5.44.